The summed E-state index contributed by atoms with van der Waals surface area (Å²) in [5.74, 6) is 0.713. The van der Waals surface area contributed by atoms with Crippen molar-refractivity contribution < 1.29 is 8.85 Å². The quantitative estimate of drug-likeness (QED) is 0.0597. The van der Waals surface area contributed by atoms with Crippen molar-refractivity contribution in [3.05, 3.63) is 205 Å². The molecule has 7 heteroatoms. The first kappa shape index (κ1) is 86.8. The van der Waals surface area contributed by atoms with Gasteiger partial charge >= 0.3 is 0 Å². The molecule has 6 aromatic rings. The minimum Gasteiger partial charge on any atom is -0.406 e. The summed E-state index contributed by atoms with van der Waals surface area (Å²) in [4.78, 5) is 5.14. The van der Waals surface area contributed by atoms with Gasteiger partial charge in [-0.3, -0.25) is 0 Å². The van der Waals surface area contributed by atoms with Crippen LogP contribution in [0.1, 0.15) is 335 Å². The molecule has 7 rings (SSSR count). The highest BCUT2D eigenvalue weighted by Gasteiger charge is 2.54. The third kappa shape index (κ3) is 20.3. The molecule has 0 radical (unpaired) electrons. The Kier molecular flexibility index (Phi) is 25.7. The van der Waals surface area contributed by atoms with Crippen molar-refractivity contribution in [2.24, 2.45) is 5.41 Å². The van der Waals surface area contributed by atoms with Gasteiger partial charge in [0.2, 0.25) is 0 Å². The molecule has 0 aliphatic heterocycles. The maximum atomic E-state index is 10.4. The van der Waals surface area contributed by atoms with E-state index in [9.17, 15) is 5.26 Å². The first-order valence-electron chi connectivity index (χ1n) is 39.8. The zero-order chi connectivity index (χ0) is 79.4. The number of thioether (sulfide) groups is 1. The van der Waals surface area contributed by atoms with Gasteiger partial charge in [-0.25, -0.2) is 0 Å². The van der Waals surface area contributed by atoms with Crippen LogP contribution in [0.5, 0.6) is 0 Å². The largest absolute Gasteiger partial charge is 0.406 e. The molecule has 0 spiro atoms. The molecule has 0 unspecified atom stereocenters. The molecular formula is C98H144N2O2SSi2. The number of benzene rings is 6. The fourth-order valence-electron chi connectivity index (χ4n) is 15.2. The molecule has 0 atom stereocenters. The second-order valence-electron chi connectivity index (χ2n) is 43.0. The van der Waals surface area contributed by atoms with Gasteiger partial charge in [-0.2, -0.15) is 5.26 Å². The summed E-state index contributed by atoms with van der Waals surface area (Å²) in [7, 11) is -6.62. The maximum Gasteiger partial charge on any atom is 0.261 e. The SMILES string of the molecule is CC(C)c1cccc(C(C)C)c1SC1=C(/C=C/c2ccc(N(CCO[Si](c3cc(C(C)(C)C)cc(C(C)(C)C)c3)(c3cc(C(C)(C)C)cc(C(C)(C)C)c3)C(C)(C)C)CCO[Si](c3cc(C(C)(C)C)cc(C(C)(C)C)c3)(c3cc(C(C)(C)C)cc(C(C)(C)C)c3)C(C)(C)C)cc2)CC(C)(C)C/C1=C\C#N. The van der Waals surface area contributed by atoms with Gasteiger partial charge in [0.05, 0.1) is 19.3 Å². The Labute approximate surface area is 650 Å². The number of hydrogen-bond donors (Lipinski definition) is 0. The van der Waals surface area contributed by atoms with Crippen molar-refractivity contribution in [3.8, 4) is 6.07 Å². The van der Waals surface area contributed by atoms with Crippen LogP contribution in [0.4, 0.5) is 5.69 Å². The summed E-state index contributed by atoms with van der Waals surface area (Å²) in [6.45, 7) is 87.9. The van der Waals surface area contributed by atoms with Crippen molar-refractivity contribution in [2.75, 3.05) is 31.2 Å². The van der Waals surface area contributed by atoms with E-state index in [1.165, 1.54) is 91.8 Å². The van der Waals surface area contributed by atoms with E-state index >= 15 is 0 Å². The van der Waals surface area contributed by atoms with Gasteiger partial charge in [-0.05, 0) is 189 Å². The number of allylic oxidation sites excluding steroid dienone is 4. The normalized spacial score (nSPS) is 15.6. The molecule has 6 aromatic carbocycles. The molecule has 1 aliphatic rings. The third-order valence-corrected chi connectivity index (χ3v) is 33.5. The van der Waals surface area contributed by atoms with E-state index in [2.05, 4.69) is 388 Å². The molecule has 572 valence electrons. The Bertz CT molecular complexity index is 3700. The molecule has 0 fully saturated rings. The van der Waals surface area contributed by atoms with Gasteiger partial charge in [0.1, 0.15) is 0 Å². The lowest BCUT2D eigenvalue weighted by Gasteiger charge is -2.46. The van der Waals surface area contributed by atoms with Crippen molar-refractivity contribution in [2.45, 2.75) is 332 Å². The van der Waals surface area contributed by atoms with Gasteiger partial charge in [-0.15, -0.1) is 0 Å². The van der Waals surface area contributed by atoms with E-state index in [-0.39, 0.29) is 58.8 Å². The molecule has 105 heavy (non-hydrogen) atoms. The van der Waals surface area contributed by atoms with E-state index in [1.807, 2.05) is 17.8 Å². The molecule has 4 nitrogen and oxygen atoms in total. The van der Waals surface area contributed by atoms with Gasteiger partial charge in [0.15, 0.2) is 0 Å². The lowest BCUT2D eigenvalue weighted by Crippen LogP contribution is -2.68. The summed E-state index contributed by atoms with van der Waals surface area (Å²) in [6, 6.07) is 49.0. The van der Waals surface area contributed by atoms with Crippen LogP contribution in [-0.2, 0) is 52.2 Å². The molecule has 1 aliphatic carbocycles. The third-order valence-electron chi connectivity index (χ3n) is 22.2. The lowest BCUT2D eigenvalue weighted by molar-refractivity contribution is 0.285. The molecule has 0 bridgehead atoms. The Morgan fingerprint density at radius 2 is 0.724 bits per heavy atom. The van der Waals surface area contributed by atoms with E-state index in [4.69, 9.17) is 8.85 Å². The van der Waals surface area contributed by atoms with Crippen LogP contribution in [0.2, 0.25) is 10.1 Å². The predicted molar refractivity (Wildman–Crippen MR) is 469 cm³/mol. The zero-order valence-electron chi connectivity index (χ0n) is 73.2. The number of rotatable bonds is 19. The second kappa shape index (κ2) is 31.1. The monoisotopic (exact) mass is 1470 g/mol. The molecule has 0 saturated carbocycles. The fourth-order valence-corrected chi connectivity index (χ4v) is 26.1. The van der Waals surface area contributed by atoms with E-state index in [1.54, 1.807) is 0 Å². The van der Waals surface area contributed by atoms with Gasteiger partial charge in [0, 0.05) is 34.7 Å². The van der Waals surface area contributed by atoms with Crippen LogP contribution >= 0.6 is 11.8 Å². The average Bonchev–Trinajstić information content (AvgIpc) is 0.730. The number of nitriles is 1. The van der Waals surface area contributed by atoms with Gasteiger partial charge in [-0.1, -0.05) is 376 Å². The Morgan fingerprint density at radius 1 is 0.429 bits per heavy atom. The molecule has 0 saturated heterocycles. The summed E-state index contributed by atoms with van der Waals surface area (Å²) in [6.07, 6.45) is 8.26. The lowest BCUT2D eigenvalue weighted by atomic mass is 9.75. The van der Waals surface area contributed by atoms with Crippen LogP contribution < -0.4 is 25.6 Å². The first-order chi connectivity index (χ1) is 47.6. The molecule has 0 amide bonds. The van der Waals surface area contributed by atoms with Crippen LogP contribution in [0.15, 0.2) is 148 Å². The number of hydrogen-bond acceptors (Lipinski definition) is 5. The van der Waals surface area contributed by atoms with Crippen molar-refractivity contribution in [1.29, 1.82) is 5.26 Å². The molecule has 0 heterocycles. The molecular weight excluding hydrogens is 1330 g/mol. The standard InChI is InChI=1S/C98H144N2O2SSi2/c1-66(2)84-38-37-39-85(67(3)4)87(84)103-86-69(64-98(35,36)65-70(86)46-47-99)43-40-68-41-44-79(45-42-68)100(48-50-101-104(96(29,30)31,80-56-71(88(5,6)7)52-72(57-80)89(8,9)10)81-58-73(90(11,12)13)53-74(59-81)91(14,15)16)49-51-102-105(97(32,33)34,82-60-75(92(17,18)19)54-76(61-82)93(20,21)22)83-62-77(94(23,24)25)55-78(63-83)95(26,27)28/h37-46,52-63,66-67H,48-51,64-65H2,1-36H3/b43-40+,70-46+. The van der Waals surface area contributed by atoms with Crippen LogP contribution in [-0.4, -0.2) is 42.9 Å². The highest BCUT2D eigenvalue weighted by atomic mass is 32.2. The van der Waals surface area contributed by atoms with Crippen molar-refractivity contribution in [3.63, 3.8) is 0 Å². The fraction of sp³-hybridized carbons (Fsp3) is 0.561. The predicted octanol–water partition coefficient (Wildman–Crippen LogP) is 25.6. The first-order valence-corrected chi connectivity index (χ1v) is 44.4. The highest BCUT2D eigenvalue weighted by Crippen LogP contribution is 2.52. The minimum absolute atomic E-state index is 0.0245. The van der Waals surface area contributed by atoms with E-state index in [0.29, 0.717) is 38.1 Å². The second-order valence-corrected chi connectivity index (χ2v) is 52.6. The maximum absolute atomic E-state index is 10.4. The average molecular weight is 1470 g/mol. The Hall–Kier alpha value is -5.47. The minimum atomic E-state index is -3.31. The Balaban J connectivity index is 1.51. The zero-order valence-corrected chi connectivity index (χ0v) is 76.0. The van der Waals surface area contributed by atoms with Gasteiger partial charge < -0.3 is 13.8 Å². The van der Waals surface area contributed by atoms with E-state index in [0.717, 1.165) is 29.7 Å². The van der Waals surface area contributed by atoms with Crippen molar-refractivity contribution in [1.82, 2.24) is 0 Å². The van der Waals surface area contributed by atoms with Crippen LogP contribution in [0.3, 0.4) is 0 Å². The number of anilines is 1. The molecule has 0 N–H and O–H groups in total. The Morgan fingerprint density at radius 3 is 0.981 bits per heavy atom. The van der Waals surface area contributed by atoms with E-state index < -0.39 is 16.6 Å². The van der Waals surface area contributed by atoms with Crippen LogP contribution in [0, 0.1) is 16.7 Å². The smallest absolute Gasteiger partial charge is 0.261 e. The summed E-state index contributed by atoms with van der Waals surface area (Å²) >= 11 is 1.88. The molecule has 0 aromatic heterocycles. The van der Waals surface area contributed by atoms with Gasteiger partial charge in [0.25, 0.3) is 16.6 Å². The van der Waals surface area contributed by atoms with Crippen LogP contribution in [0.25, 0.3) is 6.08 Å². The number of nitrogens with zero attached hydrogens (tertiary/aromatic N) is 2. The summed E-state index contributed by atoms with van der Waals surface area (Å²) in [5, 5.41) is 15.1. The summed E-state index contributed by atoms with van der Waals surface area (Å²) in [5.41, 5.74) is 17.3. The highest BCUT2D eigenvalue weighted by molar-refractivity contribution is 8.03. The topological polar surface area (TPSA) is 45.5 Å². The summed E-state index contributed by atoms with van der Waals surface area (Å²) < 4.78 is 16.8. The van der Waals surface area contributed by atoms with Crippen molar-refractivity contribution >= 4 is 60.9 Å².